The summed E-state index contributed by atoms with van der Waals surface area (Å²) in [6.45, 7) is 8.09. The zero-order chi connectivity index (χ0) is 22.0. The summed E-state index contributed by atoms with van der Waals surface area (Å²) < 4.78 is 7.11. The van der Waals surface area contributed by atoms with Crippen molar-refractivity contribution in [3.05, 3.63) is 20.8 Å². The van der Waals surface area contributed by atoms with Gasteiger partial charge < -0.3 is 10.1 Å². The van der Waals surface area contributed by atoms with Gasteiger partial charge in [-0.1, -0.05) is 31.0 Å². The Bertz CT molecular complexity index is 1000. The number of thioether (sulfide) groups is 1. The Morgan fingerprint density at radius 3 is 2.65 bits per heavy atom. The molecule has 0 aromatic carbocycles. The lowest BCUT2D eigenvalue weighted by Crippen LogP contribution is -2.59. The highest BCUT2D eigenvalue weighted by atomic mass is 32.2. The molecule has 1 amide bonds. The van der Waals surface area contributed by atoms with Crippen molar-refractivity contribution in [2.24, 2.45) is 7.05 Å². The molecule has 2 aliphatic rings. The van der Waals surface area contributed by atoms with Crippen molar-refractivity contribution in [1.29, 1.82) is 0 Å². The van der Waals surface area contributed by atoms with Crippen LogP contribution in [0.3, 0.4) is 0 Å². The van der Waals surface area contributed by atoms with Gasteiger partial charge >= 0.3 is 0 Å². The van der Waals surface area contributed by atoms with Crippen LogP contribution in [-0.2, 0) is 16.6 Å². The fourth-order valence-corrected chi connectivity index (χ4v) is 6.65. The van der Waals surface area contributed by atoms with Crippen molar-refractivity contribution in [3.63, 3.8) is 0 Å². The third-order valence-corrected chi connectivity index (χ3v) is 8.91. The van der Waals surface area contributed by atoms with Gasteiger partial charge in [-0.25, -0.2) is 4.98 Å². The maximum Gasteiger partial charge on any atom is 0.262 e. The van der Waals surface area contributed by atoms with E-state index in [-0.39, 0.29) is 22.8 Å². The van der Waals surface area contributed by atoms with Gasteiger partial charge in [0.05, 0.1) is 24.4 Å². The Morgan fingerprint density at radius 1 is 1.23 bits per heavy atom. The van der Waals surface area contributed by atoms with Crippen molar-refractivity contribution in [3.8, 4) is 0 Å². The number of rotatable bonds is 6. The molecule has 31 heavy (non-hydrogen) atoms. The number of nitrogens with zero attached hydrogens (tertiary/aromatic N) is 3. The number of carbonyl (C=O) groups excluding carboxylic acids is 1. The predicted molar refractivity (Wildman–Crippen MR) is 126 cm³/mol. The first-order valence-corrected chi connectivity index (χ1v) is 12.9. The van der Waals surface area contributed by atoms with Gasteiger partial charge in [-0.05, 0) is 32.3 Å². The molecule has 0 spiro atoms. The second kappa shape index (κ2) is 9.60. The van der Waals surface area contributed by atoms with Gasteiger partial charge in [0.2, 0.25) is 5.91 Å². The molecule has 0 unspecified atom stereocenters. The van der Waals surface area contributed by atoms with Crippen molar-refractivity contribution in [2.75, 3.05) is 38.6 Å². The van der Waals surface area contributed by atoms with Crippen LogP contribution in [0.2, 0.25) is 0 Å². The van der Waals surface area contributed by atoms with Crippen LogP contribution in [0.15, 0.2) is 9.95 Å². The van der Waals surface area contributed by atoms with E-state index in [9.17, 15) is 9.59 Å². The van der Waals surface area contributed by atoms with E-state index in [1.807, 2.05) is 13.8 Å². The number of ether oxygens (including phenoxy) is 1. The minimum atomic E-state index is -0.0387. The minimum absolute atomic E-state index is 0.00362. The van der Waals surface area contributed by atoms with Gasteiger partial charge in [0.25, 0.3) is 5.56 Å². The van der Waals surface area contributed by atoms with E-state index in [4.69, 9.17) is 4.74 Å². The van der Waals surface area contributed by atoms with Crippen LogP contribution in [0.5, 0.6) is 0 Å². The zero-order valence-electron chi connectivity index (χ0n) is 18.7. The van der Waals surface area contributed by atoms with E-state index < -0.39 is 0 Å². The van der Waals surface area contributed by atoms with Crippen molar-refractivity contribution >= 4 is 39.2 Å². The van der Waals surface area contributed by atoms with E-state index in [0.717, 1.165) is 54.4 Å². The van der Waals surface area contributed by atoms with Crippen LogP contribution in [0.4, 0.5) is 0 Å². The van der Waals surface area contributed by atoms with Gasteiger partial charge in [0, 0.05) is 37.1 Å². The maximum atomic E-state index is 12.8. The molecule has 1 saturated heterocycles. The molecule has 1 saturated carbocycles. The average molecular weight is 465 g/mol. The summed E-state index contributed by atoms with van der Waals surface area (Å²) in [6, 6.07) is 0. The van der Waals surface area contributed by atoms with Gasteiger partial charge in [-0.15, -0.1) is 11.3 Å². The molecule has 9 heteroatoms. The van der Waals surface area contributed by atoms with Crippen LogP contribution in [0, 0.1) is 13.8 Å². The number of thiophene rings is 1. The Kier molecular flexibility index (Phi) is 7.05. The molecule has 1 N–H and O–H groups in total. The fraction of sp³-hybridized carbons (Fsp3) is 0.682. The van der Waals surface area contributed by atoms with Gasteiger partial charge in [-0.3, -0.25) is 19.1 Å². The maximum absolute atomic E-state index is 12.8. The molecule has 7 nitrogen and oxygen atoms in total. The number of morpholine rings is 1. The summed E-state index contributed by atoms with van der Waals surface area (Å²) in [5.41, 5.74) is 1.02. The van der Waals surface area contributed by atoms with Crippen LogP contribution >= 0.6 is 23.1 Å². The molecular weight excluding hydrogens is 432 g/mol. The number of carbonyl (C=O) groups is 1. The molecule has 0 radical (unpaired) electrons. The van der Waals surface area contributed by atoms with E-state index >= 15 is 0 Å². The number of aryl methyl sites for hydroxylation is 2. The number of hydrogen-bond acceptors (Lipinski definition) is 7. The molecule has 2 aromatic rings. The monoisotopic (exact) mass is 464 g/mol. The first kappa shape index (κ1) is 22.8. The first-order chi connectivity index (χ1) is 14.9. The highest BCUT2D eigenvalue weighted by Gasteiger charge is 2.38. The predicted octanol–water partition coefficient (Wildman–Crippen LogP) is 2.86. The van der Waals surface area contributed by atoms with E-state index in [1.54, 1.807) is 23.0 Å². The Balaban J connectivity index is 1.41. The first-order valence-electron chi connectivity index (χ1n) is 11.1. The SMILES string of the molecule is Cc1sc2nc(SCC(=O)NCC3(N4CCOCC4)CCCCC3)n(C)c(=O)c2c1C. The molecule has 0 atom stereocenters. The summed E-state index contributed by atoms with van der Waals surface area (Å²) in [7, 11) is 1.73. The van der Waals surface area contributed by atoms with E-state index in [1.165, 1.54) is 31.0 Å². The van der Waals surface area contributed by atoms with Crippen molar-refractivity contribution in [2.45, 2.75) is 56.6 Å². The van der Waals surface area contributed by atoms with E-state index in [0.29, 0.717) is 17.1 Å². The quantitative estimate of drug-likeness (QED) is 0.523. The second-order valence-corrected chi connectivity index (χ2v) is 10.8. The summed E-state index contributed by atoms with van der Waals surface area (Å²) >= 11 is 2.87. The molecular formula is C22H32N4O3S2. The summed E-state index contributed by atoms with van der Waals surface area (Å²) in [4.78, 5) is 34.6. The number of nitrogens with one attached hydrogen (secondary N) is 1. The van der Waals surface area contributed by atoms with Crippen LogP contribution < -0.4 is 10.9 Å². The number of hydrogen-bond donors (Lipinski definition) is 1. The Labute approximate surface area is 191 Å². The summed E-state index contributed by atoms with van der Waals surface area (Å²) in [6.07, 6.45) is 5.97. The Hall–Kier alpha value is -1.42. The third-order valence-electron chi connectivity index (χ3n) is 6.78. The molecule has 0 bridgehead atoms. The molecule has 170 valence electrons. The summed E-state index contributed by atoms with van der Waals surface area (Å²) in [5.74, 6) is 0.255. The van der Waals surface area contributed by atoms with Crippen LogP contribution in [0.1, 0.15) is 42.5 Å². The Morgan fingerprint density at radius 2 is 1.94 bits per heavy atom. The highest BCUT2D eigenvalue weighted by Crippen LogP contribution is 2.34. The number of amides is 1. The van der Waals surface area contributed by atoms with Gasteiger partial charge in [-0.2, -0.15) is 0 Å². The highest BCUT2D eigenvalue weighted by molar-refractivity contribution is 7.99. The average Bonchev–Trinajstić information content (AvgIpc) is 3.08. The van der Waals surface area contributed by atoms with Gasteiger partial charge in [0.1, 0.15) is 4.83 Å². The smallest absolute Gasteiger partial charge is 0.262 e. The van der Waals surface area contributed by atoms with Gasteiger partial charge in [0.15, 0.2) is 5.16 Å². The molecule has 2 aromatic heterocycles. The molecule has 1 aliphatic heterocycles. The van der Waals surface area contributed by atoms with Crippen LogP contribution in [0.25, 0.3) is 10.2 Å². The molecule has 1 aliphatic carbocycles. The van der Waals surface area contributed by atoms with E-state index in [2.05, 4.69) is 15.2 Å². The second-order valence-electron chi connectivity index (χ2n) is 8.67. The van der Waals surface area contributed by atoms with Crippen molar-refractivity contribution in [1.82, 2.24) is 19.8 Å². The largest absolute Gasteiger partial charge is 0.379 e. The lowest BCUT2D eigenvalue weighted by atomic mass is 9.79. The lowest BCUT2D eigenvalue weighted by molar-refractivity contribution is -0.119. The molecule has 4 rings (SSSR count). The van der Waals surface area contributed by atoms with Crippen LogP contribution in [-0.4, -0.2) is 64.5 Å². The topological polar surface area (TPSA) is 76.5 Å². The number of aromatic nitrogens is 2. The normalized spacial score (nSPS) is 19.6. The third kappa shape index (κ3) is 4.69. The molecule has 3 heterocycles. The summed E-state index contributed by atoms with van der Waals surface area (Å²) in [5, 5.41) is 4.48. The van der Waals surface area contributed by atoms with Crippen molar-refractivity contribution < 1.29 is 9.53 Å². The zero-order valence-corrected chi connectivity index (χ0v) is 20.3. The standard InChI is InChI=1S/C22H32N4O3S2/c1-15-16(2)31-19-18(15)20(28)25(3)21(24-19)30-13-17(27)23-14-22(7-5-4-6-8-22)26-9-11-29-12-10-26/h4-14H2,1-3H3,(H,23,27). The minimum Gasteiger partial charge on any atom is -0.379 e. The molecule has 2 fully saturated rings. The fourth-order valence-electron chi connectivity index (χ4n) is 4.78. The lowest BCUT2D eigenvalue weighted by Gasteiger charge is -2.48. The number of fused-ring (bicyclic) bond motifs is 1.